The smallest absolute Gasteiger partial charge is 0.230 e. The molecule has 2 unspecified atom stereocenters. The van der Waals surface area contributed by atoms with Gasteiger partial charge in [0.05, 0.1) is 22.4 Å². The van der Waals surface area contributed by atoms with Crippen LogP contribution in [0.2, 0.25) is 0 Å². The number of carbonyl (C=O) groups is 1. The molecule has 0 bridgehead atoms. The number of hydrogen-bond donors (Lipinski definition) is 2. The summed E-state index contributed by atoms with van der Waals surface area (Å²) in [5.74, 6) is -0.268. The molecule has 104 valence electrons. The van der Waals surface area contributed by atoms with Crippen molar-refractivity contribution in [2.24, 2.45) is 23.5 Å². The van der Waals surface area contributed by atoms with Gasteiger partial charge >= 0.3 is 0 Å². The molecule has 0 spiro atoms. The van der Waals surface area contributed by atoms with Crippen LogP contribution in [0.1, 0.15) is 20.3 Å². The van der Waals surface area contributed by atoms with Crippen LogP contribution < -0.4 is 11.1 Å². The van der Waals surface area contributed by atoms with Crippen LogP contribution in [-0.4, -0.2) is 37.4 Å². The maximum atomic E-state index is 11.9. The fourth-order valence-electron chi connectivity index (χ4n) is 2.15. The zero-order valence-corrected chi connectivity index (χ0v) is 12.3. The molecule has 2 atom stereocenters. The SMILES string of the molecule is CC(C)C(C(=O)NCC1CCS(=O)(=O)C1)C(N)=S. The summed E-state index contributed by atoms with van der Waals surface area (Å²) in [6.45, 7) is 4.14. The van der Waals surface area contributed by atoms with Crippen molar-refractivity contribution in [1.82, 2.24) is 5.32 Å². The van der Waals surface area contributed by atoms with Crippen molar-refractivity contribution in [3.63, 3.8) is 0 Å². The molecule has 1 fully saturated rings. The minimum Gasteiger partial charge on any atom is -0.393 e. The quantitative estimate of drug-likeness (QED) is 0.701. The van der Waals surface area contributed by atoms with Gasteiger partial charge in [-0.1, -0.05) is 26.1 Å². The van der Waals surface area contributed by atoms with Crippen molar-refractivity contribution in [3.8, 4) is 0 Å². The van der Waals surface area contributed by atoms with Gasteiger partial charge in [0.1, 0.15) is 0 Å². The van der Waals surface area contributed by atoms with Gasteiger partial charge in [-0.15, -0.1) is 0 Å². The molecule has 1 rings (SSSR count). The van der Waals surface area contributed by atoms with E-state index in [1.165, 1.54) is 0 Å². The third-order valence-corrected chi connectivity index (χ3v) is 5.24. The average molecular weight is 292 g/mol. The molecule has 18 heavy (non-hydrogen) atoms. The van der Waals surface area contributed by atoms with E-state index in [4.69, 9.17) is 18.0 Å². The lowest BCUT2D eigenvalue weighted by Gasteiger charge is -2.19. The Morgan fingerprint density at radius 3 is 2.50 bits per heavy atom. The van der Waals surface area contributed by atoms with E-state index in [9.17, 15) is 13.2 Å². The zero-order chi connectivity index (χ0) is 13.9. The Kier molecular flexibility index (Phi) is 5.10. The highest BCUT2D eigenvalue weighted by Gasteiger charge is 2.30. The van der Waals surface area contributed by atoms with E-state index in [1.54, 1.807) is 0 Å². The number of carbonyl (C=O) groups excluding carboxylic acids is 1. The molecule has 1 saturated heterocycles. The second-order valence-corrected chi connectivity index (χ2v) is 7.84. The Hall–Kier alpha value is -0.690. The number of rotatable bonds is 5. The summed E-state index contributed by atoms with van der Waals surface area (Å²) < 4.78 is 22.6. The molecule has 5 nitrogen and oxygen atoms in total. The molecular weight excluding hydrogens is 272 g/mol. The van der Waals surface area contributed by atoms with Crippen LogP contribution in [0, 0.1) is 17.8 Å². The summed E-state index contributed by atoms with van der Waals surface area (Å²) in [4.78, 5) is 12.1. The summed E-state index contributed by atoms with van der Waals surface area (Å²) in [5.41, 5.74) is 5.54. The van der Waals surface area contributed by atoms with Crippen molar-refractivity contribution in [2.45, 2.75) is 20.3 Å². The Morgan fingerprint density at radius 1 is 1.50 bits per heavy atom. The predicted molar refractivity (Wildman–Crippen MR) is 74.9 cm³/mol. The molecule has 7 heteroatoms. The van der Waals surface area contributed by atoms with Gasteiger partial charge in [0.2, 0.25) is 5.91 Å². The van der Waals surface area contributed by atoms with Gasteiger partial charge in [-0.25, -0.2) is 8.42 Å². The van der Waals surface area contributed by atoms with Crippen molar-refractivity contribution in [1.29, 1.82) is 0 Å². The van der Waals surface area contributed by atoms with Gasteiger partial charge < -0.3 is 11.1 Å². The van der Waals surface area contributed by atoms with Crippen molar-refractivity contribution < 1.29 is 13.2 Å². The topological polar surface area (TPSA) is 89.3 Å². The van der Waals surface area contributed by atoms with Crippen LogP contribution in [0.3, 0.4) is 0 Å². The Morgan fingerprint density at radius 2 is 2.11 bits per heavy atom. The molecule has 0 radical (unpaired) electrons. The molecule has 1 aliphatic rings. The standard InChI is InChI=1S/C11H20N2O3S2/c1-7(2)9(10(12)17)11(14)13-5-8-3-4-18(15,16)6-8/h7-9H,3-6H2,1-2H3,(H2,12,17)(H,13,14). The van der Waals surface area contributed by atoms with E-state index < -0.39 is 15.8 Å². The molecule has 1 amide bonds. The summed E-state index contributed by atoms with van der Waals surface area (Å²) in [6, 6.07) is 0. The molecule has 1 heterocycles. The summed E-state index contributed by atoms with van der Waals surface area (Å²) in [5, 5.41) is 2.75. The van der Waals surface area contributed by atoms with Gasteiger partial charge in [0, 0.05) is 6.54 Å². The van der Waals surface area contributed by atoms with E-state index in [0.29, 0.717) is 13.0 Å². The third-order valence-electron chi connectivity index (χ3n) is 3.15. The van der Waals surface area contributed by atoms with E-state index in [0.717, 1.165) is 0 Å². The largest absolute Gasteiger partial charge is 0.393 e. The van der Waals surface area contributed by atoms with E-state index in [-0.39, 0.29) is 34.2 Å². The van der Waals surface area contributed by atoms with Gasteiger partial charge in [-0.05, 0) is 18.3 Å². The second-order valence-electron chi connectivity index (χ2n) is 5.14. The highest BCUT2D eigenvalue weighted by molar-refractivity contribution is 7.91. The summed E-state index contributed by atoms with van der Waals surface area (Å²) in [7, 11) is -2.90. The van der Waals surface area contributed by atoms with Crippen molar-refractivity contribution >= 4 is 33.0 Å². The predicted octanol–water partition coefficient (Wildman–Crippen LogP) is 0.0956. The highest BCUT2D eigenvalue weighted by atomic mass is 32.2. The first-order chi connectivity index (χ1) is 8.23. The first-order valence-corrected chi connectivity index (χ1v) is 8.23. The molecule has 0 saturated carbocycles. The summed E-state index contributed by atoms with van der Waals surface area (Å²) >= 11 is 4.88. The van der Waals surface area contributed by atoms with Crippen LogP contribution in [0.25, 0.3) is 0 Å². The number of sulfone groups is 1. The molecule has 0 aromatic carbocycles. The maximum Gasteiger partial charge on any atom is 0.230 e. The number of hydrogen-bond acceptors (Lipinski definition) is 4. The van der Waals surface area contributed by atoms with Crippen LogP contribution >= 0.6 is 12.2 Å². The van der Waals surface area contributed by atoms with Gasteiger partial charge in [-0.3, -0.25) is 4.79 Å². The third kappa shape index (κ3) is 4.20. The Bertz CT molecular complexity index is 432. The fourth-order valence-corrected chi connectivity index (χ4v) is 4.39. The highest BCUT2D eigenvalue weighted by Crippen LogP contribution is 2.18. The maximum absolute atomic E-state index is 11.9. The summed E-state index contributed by atoms with van der Waals surface area (Å²) in [6.07, 6.45) is 0.613. The Labute approximate surface area is 113 Å². The lowest BCUT2D eigenvalue weighted by Crippen LogP contribution is -2.42. The second kappa shape index (κ2) is 5.97. The minimum atomic E-state index is -2.90. The lowest BCUT2D eigenvalue weighted by molar-refractivity contribution is -0.124. The molecule has 0 aromatic heterocycles. The lowest BCUT2D eigenvalue weighted by atomic mass is 9.94. The number of nitrogens with two attached hydrogens (primary N) is 1. The normalized spacial score (nSPS) is 23.8. The van der Waals surface area contributed by atoms with E-state index in [1.807, 2.05) is 13.8 Å². The number of amides is 1. The van der Waals surface area contributed by atoms with Gasteiger partial charge in [0.25, 0.3) is 0 Å². The molecule has 1 aliphatic heterocycles. The first-order valence-electron chi connectivity index (χ1n) is 6.00. The van der Waals surface area contributed by atoms with Crippen LogP contribution in [-0.2, 0) is 14.6 Å². The fraction of sp³-hybridized carbons (Fsp3) is 0.818. The first kappa shape index (κ1) is 15.4. The van der Waals surface area contributed by atoms with Crippen molar-refractivity contribution in [2.75, 3.05) is 18.1 Å². The number of nitrogens with one attached hydrogen (secondary N) is 1. The van der Waals surface area contributed by atoms with Gasteiger partial charge in [0.15, 0.2) is 9.84 Å². The van der Waals surface area contributed by atoms with Crippen molar-refractivity contribution in [3.05, 3.63) is 0 Å². The van der Waals surface area contributed by atoms with Gasteiger partial charge in [-0.2, -0.15) is 0 Å². The average Bonchev–Trinajstić information content (AvgIpc) is 2.54. The van der Waals surface area contributed by atoms with Crippen LogP contribution in [0.5, 0.6) is 0 Å². The monoisotopic (exact) mass is 292 g/mol. The zero-order valence-electron chi connectivity index (χ0n) is 10.7. The number of thiocarbonyl (C=S) groups is 1. The molecule has 0 aliphatic carbocycles. The molecule has 3 N–H and O–H groups in total. The Balaban J connectivity index is 2.48. The molecule has 0 aromatic rings. The van der Waals surface area contributed by atoms with E-state index in [2.05, 4.69) is 5.32 Å². The van der Waals surface area contributed by atoms with Crippen LogP contribution in [0.15, 0.2) is 0 Å². The molecular formula is C11H20N2O3S2. The van der Waals surface area contributed by atoms with Crippen LogP contribution in [0.4, 0.5) is 0 Å². The van der Waals surface area contributed by atoms with E-state index >= 15 is 0 Å². The minimum absolute atomic E-state index is 0.0121.